The van der Waals surface area contributed by atoms with Crippen LogP contribution in [0.2, 0.25) is 5.02 Å². The van der Waals surface area contributed by atoms with Crippen molar-refractivity contribution < 1.29 is 31.8 Å². The third-order valence-corrected chi connectivity index (χ3v) is 6.20. The first-order valence-corrected chi connectivity index (χ1v) is 10.7. The summed E-state index contributed by atoms with van der Waals surface area (Å²) in [6.07, 6.45) is 8.20. The number of thioether (sulfide) groups is 1. The van der Waals surface area contributed by atoms with Crippen molar-refractivity contribution in [1.82, 2.24) is 0 Å². The number of rotatable bonds is 6. The summed E-state index contributed by atoms with van der Waals surface area (Å²) >= 11 is 7.84. The number of halogens is 2. The van der Waals surface area contributed by atoms with Gasteiger partial charge >= 0.3 is 0 Å². The molecule has 1 aliphatic heterocycles. The lowest BCUT2D eigenvalue weighted by atomic mass is 10.1. The van der Waals surface area contributed by atoms with Crippen LogP contribution in [-0.4, -0.2) is 30.0 Å². The van der Waals surface area contributed by atoms with E-state index in [1.54, 1.807) is 11.8 Å². The summed E-state index contributed by atoms with van der Waals surface area (Å²) in [5, 5.41) is 21.7. The lowest BCUT2D eigenvalue weighted by Crippen LogP contribution is -3.00. The van der Waals surface area contributed by atoms with E-state index in [-0.39, 0.29) is 30.2 Å². The smallest absolute Gasteiger partial charge is 0.213 e. The topological polar surface area (TPSA) is 47.6 Å². The highest BCUT2D eigenvalue weighted by atomic mass is 79.9. The maximum Gasteiger partial charge on any atom is 0.213 e. The largest absolute Gasteiger partial charge is 1.00 e. The zero-order valence-electron chi connectivity index (χ0n) is 16.2. The summed E-state index contributed by atoms with van der Waals surface area (Å²) in [4.78, 5) is 3.23. The molecule has 2 aromatic carbocycles. The van der Waals surface area contributed by atoms with Gasteiger partial charge in [0, 0.05) is 28.6 Å². The third kappa shape index (κ3) is 4.74. The Labute approximate surface area is 195 Å². The standard InChI is InChI=1S/C23H22ClN2O2S.BrH/c24-18-8-9-22-21(16-18)26(13-15-28)23(29-22)7-3-4-17-10-11-25(12-14-27)20-6-2-1-5-19(17)20;/h1-11,16,27-28H,12-15H2;1H/q+1;/p-1. The lowest BCUT2D eigenvalue weighted by molar-refractivity contribution is -0.672. The maximum absolute atomic E-state index is 9.48. The van der Waals surface area contributed by atoms with Crippen LogP contribution >= 0.6 is 23.4 Å². The molecule has 0 amide bonds. The maximum atomic E-state index is 9.48. The van der Waals surface area contributed by atoms with Crippen LogP contribution in [0.5, 0.6) is 0 Å². The molecule has 156 valence electrons. The van der Waals surface area contributed by atoms with E-state index in [1.165, 1.54) is 0 Å². The lowest BCUT2D eigenvalue weighted by Gasteiger charge is -2.18. The summed E-state index contributed by atoms with van der Waals surface area (Å²) in [7, 11) is 0. The molecular formula is C23H22BrClN2O2S. The first kappa shape index (κ1) is 22.8. The molecule has 0 bridgehead atoms. The van der Waals surface area contributed by atoms with Gasteiger partial charge in [0.2, 0.25) is 5.52 Å². The molecule has 3 aromatic rings. The second-order valence-corrected chi connectivity index (χ2v) is 8.16. The number of hydrogen-bond acceptors (Lipinski definition) is 4. The van der Waals surface area contributed by atoms with Crippen LogP contribution in [0.3, 0.4) is 0 Å². The summed E-state index contributed by atoms with van der Waals surface area (Å²) in [6.45, 7) is 1.28. The Morgan fingerprint density at radius 2 is 1.90 bits per heavy atom. The molecule has 4 nitrogen and oxygen atoms in total. The van der Waals surface area contributed by atoms with Crippen molar-refractivity contribution >= 4 is 46.0 Å². The third-order valence-electron chi connectivity index (χ3n) is 4.83. The van der Waals surface area contributed by atoms with Gasteiger partial charge in [-0.15, -0.1) is 0 Å². The van der Waals surface area contributed by atoms with E-state index in [4.69, 9.17) is 11.6 Å². The Bertz CT molecular complexity index is 1100. The average Bonchev–Trinajstić information content (AvgIpc) is 3.07. The molecule has 0 aliphatic carbocycles. The number of para-hydroxylation sites is 1. The molecule has 1 aromatic heterocycles. The Morgan fingerprint density at radius 1 is 1.07 bits per heavy atom. The average molecular weight is 506 g/mol. The molecule has 2 heterocycles. The number of hydrogen-bond donors (Lipinski definition) is 2. The van der Waals surface area contributed by atoms with Gasteiger partial charge in [0.05, 0.1) is 22.7 Å². The normalized spacial score (nSPS) is 14.5. The molecule has 4 rings (SSSR count). The zero-order chi connectivity index (χ0) is 20.2. The van der Waals surface area contributed by atoms with Gasteiger partial charge in [0.1, 0.15) is 6.61 Å². The predicted octanol–water partition coefficient (Wildman–Crippen LogP) is 1.24. The number of β-amino-alcohol motifs (C(OH)–C–C–N with tert-alkyl or cyclic N) is 1. The molecule has 1 aliphatic rings. The first-order valence-electron chi connectivity index (χ1n) is 9.47. The summed E-state index contributed by atoms with van der Waals surface area (Å²) in [5.41, 5.74) is 3.24. The van der Waals surface area contributed by atoms with E-state index in [1.807, 2.05) is 42.6 Å². The molecule has 7 heteroatoms. The highest BCUT2D eigenvalue weighted by Gasteiger charge is 2.24. The van der Waals surface area contributed by atoms with Crippen LogP contribution in [0.25, 0.3) is 17.0 Å². The molecule has 2 N–H and O–H groups in total. The minimum absolute atomic E-state index is 0. The number of aromatic nitrogens is 1. The van der Waals surface area contributed by atoms with Crippen molar-refractivity contribution in [2.24, 2.45) is 0 Å². The van der Waals surface area contributed by atoms with Gasteiger partial charge < -0.3 is 32.1 Å². The molecule has 30 heavy (non-hydrogen) atoms. The second-order valence-electron chi connectivity index (χ2n) is 6.66. The fourth-order valence-corrected chi connectivity index (χ4v) is 4.77. The fourth-order valence-electron chi connectivity index (χ4n) is 3.52. The van der Waals surface area contributed by atoms with Crippen molar-refractivity contribution in [3.63, 3.8) is 0 Å². The van der Waals surface area contributed by atoms with Crippen molar-refractivity contribution in [2.45, 2.75) is 11.4 Å². The summed E-state index contributed by atoms with van der Waals surface area (Å²) in [5.74, 6) is 0. The molecule has 0 unspecified atom stereocenters. The second kappa shape index (κ2) is 10.5. The highest BCUT2D eigenvalue weighted by Crippen LogP contribution is 2.46. The van der Waals surface area contributed by atoms with Crippen molar-refractivity contribution in [2.75, 3.05) is 24.7 Å². The van der Waals surface area contributed by atoms with Gasteiger partial charge in [-0.1, -0.05) is 47.6 Å². The van der Waals surface area contributed by atoms with E-state index in [2.05, 4.69) is 39.8 Å². The van der Waals surface area contributed by atoms with Crippen LogP contribution < -0.4 is 26.4 Å². The monoisotopic (exact) mass is 504 g/mol. The van der Waals surface area contributed by atoms with Gasteiger partial charge in [-0.2, -0.15) is 4.57 Å². The van der Waals surface area contributed by atoms with E-state index in [0.29, 0.717) is 18.1 Å². The number of allylic oxidation sites excluding steroid dienone is 2. The van der Waals surface area contributed by atoms with E-state index in [0.717, 1.165) is 32.1 Å². The van der Waals surface area contributed by atoms with Crippen molar-refractivity contribution in [1.29, 1.82) is 0 Å². The van der Waals surface area contributed by atoms with Gasteiger partial charge in [0.25, 0.3) is 0 Å². The molecule has 0 spiro atoms. The van der Waals surface area contributed by atoms with Crippen molar-refractivity contribution in [3.8, 4) is 0 Å². The van der Waals surface area contributed by atoms with Gasteiger partial charge in [0.15, 0.2) is 12.7 Å². The van der Waals surface area contributed by atoms with Crippen molar-refractivity contribution in [3.05, 3.63) is 82.5 Å². The molecular weight excluding hydrogens is 484 g/mol. The molecule has 0 saturated heterocycles. The van der Waals surface area contributed by atoms with Crippen LogP contribution in [0.4, 0.5) is 5.69 Å². The fraction of sp³-hybridized carbons (Fsp3) is 0.174. The van der Waals surface area contributed by atoms with E-state index < -0.39 is 0 Å². The Hall–Kier alpha value is -1.83. The number of anilines is 1. The SMILES string of the molecule is OCCN1/C(=C/C=C/c2cc[n+](CCO)c3ccccc23)Sc2ccc(Cl)cc21.[Br-]. The van der Waals surface area contributed by atoms with E-state index >= 15 is 0 Å². The number of aliphatic hydroxyl groups is 2. The van der Waals surface area contributed by atoms with Gasteiger partial charge in [-0.3, -0.25) is 0 Å². The Kier molecular flexibility index (Phi) is 7.97. The Balaban J connectivity index is 0.00000256. The minimum atomic E-state index is 0. The van der Waals surface area contributed by atoms with Crippen LogP contribution in [0.15, 0.2) is 76.8 Å². The Morgan fingerprint density at radius 3 is 2.70 bits per heavy atom. The van der Waals surface area contributed by atoms with Crippen LogP contribution in [0.1, 0.15) is 5.56 Å². The number of fused-ring (bicyclic) bond motifs is 2. The first-order chi connectivity index (χ1) is 14.2. The van der Waals surface area contributed by atoms with Gasteiger partial charge in [-0.25, -0.2) is 0 Å². The number of benzene rings is 2. The van der Waals surface area contributed by atoms with Crippen LogP contribution in [0, 0.1) is 0 Å². The zero-order valence-corrected chi connectivity index (χ0v) is 19.4. The summed E-state index contributed by atoms with van der Waals surface area (Å²) < 4.78 is 2.06. The summed E-state index contributed by atoms with van der Waals surface area (Å²) in [6, 6.07) is 16.1. The number of nitrogens with zero attached hydrogens (tertiary/aromatic N) is 2. The number of pyridine rings is 1. The molecule has 0 radical (unpaired) electrons. The van der Waals surface area contributed by atoms with E-state index in [9.17, 15) is 10.2 Å². The minimum Gasteiger partial charge on any atom is -1.00 e. The number of aliphatic hydroxyl groups excluding tert-OH is 2. The molecule has 0 atom stereocenters. The molecule has 0 fully saturated rings. The predicted molar refractivity (Wildman–Crippen MR) is 120 cm³/mol. The highest BCUT2D eigenvalue weighted by molar-refractivity contribution is 8.03. The van der Waals surface area contributed by atoms with Gasteiger partial charge in [-0.05, 0) is 35.9 Å². The quantitative estimate of drug-likeness (QED) is 0.495. The molecule has 0 saturated carbocycles. The van der Waals surface area contributed by atoms with Crippen LogP contribution in [-0.2, 0) is 6.54 Å².